The summed E-state index contributed by atoms with van der Waals surface area (Å²) in [7, 11) is 0. The fourth-order valence-corrected chi connectivity index (χ4v) is 2.28. The molecule has 0 saturated carbocycles. The molecule has 0 aliphatic rings. The molecule has 0 saturated heterocycles. The lowest BCUT2D eigenvalue weighted by Gasteiger charge is -2.10. The standard InChI is InChI=1S/C14H12N8O/c15-22-14-13(19-20-22)12(5-6-17-14)23-7-10-3-1-2-4-11(10)21-9-16-8-18-21/h1-6,8-9H,7,15H2. The Bertz CT molecular complexity index is 946. The zero-order valence-electron chi connectivity index (χ0n) is 11.9. The fraction of sp³-hybridized carbons (Fsp3) is 0.0714. The summed E-state index contributed by atoms with van der Waals surface area (Å²) in [5.41, 5.74) is 2.85. The largest absolute Gasteiger partial charge is 0.486 e. The van der Waals surface area contributed by atoms with Gasteiger partial charge >= 0.3 is 0 Å². The van der Waals surface area contributed by atoms with Crippen molar-refractivity contribution in [1.29, 1.82) is 0 Å². The molecule has 0 bridgehead atoms. The van der Waals surface area contributed by atoms with Crippen molar-refractivity contribution in [2.24, 2.45) is 0 Å². The van der Waals surface area contributed by atoms with Gasteiger partial charge < -0.3 is 10.6 Å². The minimum absolute atomic E-state index is 0.340. The van der Waals surface area contributed by atoms with Crippen molar-refractivity contribution in [2.45, 2.75) is 6.61 Å². The minimum atomic E-state index is 0.340. The number of pyridine rings is 1. The number of aromatic nitrogens is 7. The highest BCUT2D eigenvalue weighted by atomic mass is 16.5. The molecule has 4 rings (SSSR count). The molecule has 0 fully saturated rings. The first kappa shape index (κ1) is 13.2. The van der Waals surface area contributed by atoms with Gasteiger partial charge in [-0.1, -0.05) is 18.2 Å². The summed E-state index contributed by atoms with van der Waals surface area (Å²) in [6.07, 6.45) is 4.74. The second-order valence-electron chi connectivity index (χ2n) is 4.77. The van der Waals surface area contributed by atoms with E-state index in [1.165, 1.54) is 6.33 Å². The normalized spacial score (nSPS) is 11.0. The molecule has 9 nitrogen and oxygen atoms in total. The molecule has 114 valence electrons. The molecule has 0 aliphatic heterocycles. The summed E-state index contributed by atoms with van der Waals surface area (Å²) < 4.78 is 7.58. The van der Waals surface area contributed by atoms with Crippen LogP contribution >= 0.6 is 0 Å². The Kier molecular flexibility index (Phi) is 3.08. The zero-order chi connectivity index (χ0) is 15.6. The molecule has 0 aliphatic carbocycles. The highest BCUT2D eigenvalue weighted by Crippen LogP contribution is 2.22. The number of benzene rings is 1. The van der Waals surface area contributed by atoms with Crippen molar-refractivity contribution in [3.05, 3.63) is 54.7 Å². The third-order valence-corrected chi connectivity index (χ3v) is 3.37. The Morgan fingerprint density at radius 1 is 1.17 bits per heavy atom. The van der Waals surface area contributed by atoms with Crippen molar-refractivity contribution < 1.29 is 4.74 Å². The second kappa shape index (κ2) is 5.37. The van der Waals surface area contributed by atoms with Gasteiger partial charge in [-0.05, 0) is 11.3 Å². The van der Waals surface area contributed by atoms with Crippen LogP contribution in [0.1, 0.15) is 5.56 Å². The second-order valence-corrected chi connectivity index (χ2v) is 4.77. The van der Waals surface area contributed by atoms with Crippen LogP contribution in [0.2, 0.25) is 0 Å². The lowest BCUT2D eigenvalue weighted by molar-refractivity contribution is 0.308. The summed E-state index contributed by atoms with van der Waals surface area (Å²) in [5, 5.41) is 11.9. The number of ether oxygens (including phenoxy) is 1. The van der Waals surface area contributed by atoms with Gasteiger partial charge in [0, 0.05) is 17.8 Å². The molecule has 0 radical (unpaired) electrons. The van der Waals surface area contributed by atoms with Gasteiger partial charge in [0.15, 0.2) is 11.3 Å². The maximum Gasteiger partial charge on any atom is 0.204 e. The Hall–Kier alpha value is -3.49. The van der Waals surface area contributed by atoms with E-state index in [1.807, 2.05) is 24.3 Å². The Balaban J connectivity index is 1.65. The minimum Gasteiger partial charge on any atom is -0.486 e. The van der Waals surface area contributed by atoms with Crippen LogP contribution in [-0.4, -0.2) is 34.9 Å². The van der Waals surface area contributed by atoms with Gasteiger partial charge in [-0.2, -0.15) is 5.10 Å². The topological polar surface area (TPSA) is 110 Å². The van der Waals surface area contributed by atoms with Gasteiger partial charge in [0.1, 0.15) is 19.3 Å². The Morgan fingerprint density at radius 3 is 2.96 bits per heavy atom. The number of hydrogen-bond acceptors (Lipinski definition) is 7. The molecule has 3 heterocycles. The van der Waals surface area contributed by atoms with Crippen LogP contribution in [0.4, 0.5) is 0 Å². The van der Waals surface area contributed by atoms with E-state index in [2.05, 4.69) is 25.4 Å². The highest BCUT2D eigenvalue weighted by Gasteiger charge is 2.11. The SMILES string of the molecule is Nn1nnc2c(OCc3ccccc3-n3cncn3)ccnc21. The first-order valence-corrected chi connectivity index (χ1v) is 6.84. The van der Waals surface area contributed by atoms with Crippen LogP contribution in [0.5, 0.6) is 5.75 Å². The van der Waals surface area contributed by atoms with Crippen LogP contribution in [0.3, 0.4) is 0 Å². The molecule has 4 aromatic rings. The van der Waals surface area contributed by atoms with Crippen LogP contribution in [-0.2, 0) is 6.61 Å². The molecular weight excluding hydrogens is 296 g/mol. The molecule has 2 N–H and O–H groups in total. The predicted octanol–water partition coefficient (Wildman–Crippen LogP) is 0.700. The van der Waals surface area contributed by atoms with E-state index in [1.54, 1.807) is 23.3 Å². The van der Waals surface area contributed by atoms with E-state index in [0.717, 1.165) is 16.0 Å². The van der Waals surface area contributed by atoms with E-state index < -0.39 is 0 Å². The predicted molar refractivity (Wildman–Crippen MR) is 81.2 cm³/mol. The van der Waals surface area contributed by atoms with Gasteiger partial charge in [0.2, 0.25) is 5.65 Å². The third kappa shape index (κ3) is 2.33. The van der Waals surface area contributed by atoms with Crippen LogP contribution in [0, 0.1) is 0 Å². The van der Waals surface area contributed by atoms with E-state index in [0.29, 0.717) is 23.5 Å². The number of nitrogens with zero attached hydrogens (tertiary/aromatic N) is 7. The molecule has 0 spiro atoms. The van der Waals surface area contributed by atoms with Crippen LogP contribution in [0.25, 0.3) is 16.9 Å². The average molecular weight is 308 g/mol. The fourth-order valence-electron chi connectivity index (χ4n) is 2.28. The summed E-state index contributed by atoms with van der Waals surface area (Å²) in [5.74, 6) is 6.22. The molecule has 0 amide bonds. The number of nitrogen functional groups attached to an aromatic ring is 1. The number of hydrogen-bond donors (Lipinski definition) is 1. The summed E-state index contributed by atoms with van der Waals surface area (Å²) >= 11 is 0. The van der Waals surface area contributed by atoms with E-state index in [4.69, 9.17) is 10.6 Å². The van der Waals surface area contributed by atoms with E-state index in [-0.39, 0.29) is 0 Å². The number of para-hydroxylation sites is 1. The summed E-state index contributed by atoms with van der Waals surface area (Å²) in [4.78, 5) is 9.21. The van der Waals surface area contributed by atoms with Gasteiger partial charge in [-0.25, -0.2) is 14.6 Å². The molecule has 23 heavy (non-hydrogen) atoms. The first-order valence-electron chi connectivity index (χ1n) is 6.84. The van der Waals surface area contributed by atoms with Crippen molar-refractivity contribution in [3.8, 4) is 11.4 Å². The lowest BCUT2D eigenvalue weighted by atomic mass is 10.2. The number of fused-ring (bicyclic) bond motifs is 1. The van der Waals surface area contributed by atoms with Crippen LogP contribution in [0.15, 0.2) is 49.2 Å². The average Bonchev–Trinajstić information content (AvgIpc) is 3.24. The number of rotatable bonds is 4. The number of nitrogens with two attached hydrogens (primary N) is 1. The van der Waals surface area contributed by atoms with Gasteiger partial charge in [0.05, 0.1) is 5.69 Å². The van der Waals surface area contributed by atoms with E-state index >= 15 is 0 Å². The Morgan fingerprint density at radius 2 is 2.09 bits per heavy atom. The monoisotopic (exact) mass is 308 g/mol. The highest BCUT2D eigenvalue weighted by molar-refractivity contribution is 5.76. The molecule has 9 heteroatoms. The zero-order valence-corrected chi connectivity index (χ0v) is 11.9. The lowest BCUT2D eigenvalue weighted by Crippen LogP contribution is -2.10. The van der Waals surface area contributed by atoms with E-state index in [9.17, 15) is 0 Å². The van der Waals surface area contributed by atoms with Gasteiger partial charge in [0.25, 0.3) is 0 Å². The molecule has 0 atom stereocenters. The van der Waals surface area contributed by atoms with Gasteiger partial charge in [-0.3, -0.25) is 0 Å². The van der Waals surface area contributed by atoms with Crippen LogP contribution < -0.4 is 10.6 Å². The first-order chi connectivity index (χ1) is 11.3. The Labute approximate surface area is 130 Å². The maximum absolute atomic E-state index is 5.88. The van der Waals surface area contributed by atoms with Crippen molar-refractivity contribution in [2.75, 3.05) is 5.84 Å². The summed E-state index contributed by atoms with van der Waals surface area (Å²) in [6.45, 7) is 0.340. The smallest absolute Gasteiger partial charge is 0.204 e. The van der Waals surface area contributed by atoms with Gasteiger partial charge in [-0.15, -0.1) is 9.89 Å². The molecule has 1 aromatic carbocycles. The maximum atomic E-state index is 5.88. The molecule has 3 aromatic heterocycles. The van der Waals surface area contributed by atoms with Crippen molar-refractivity contribution in [1.82, 2.24) is 34.9 Å². The van der Waals surface area contributed by atoms with Crippen molar-refractivity contribution in [3.63, 3.8) is 0 Å². The van der Waals surface area contributed by atoms with Crippen molar-refractivity contribution >= 4 is 11.2 Å². The molecule has 0 unspecified atom stereocenters. The quantitative estimate of drug-likeness (QED) is 0.552. The molecular formula is C14H12N8O. The third-order valence-electron chi connectivity index (χ3n) is 3.37. The summed E-state index contributed by atoms with van der Waals surface area (Å²) in [6, 6.07) is 9.53.